The fourth-order valence-corrected chi connectivity index (χ4v) is 1.87. The summed E-state index contributed by atoms with van der Waals surface area (Å²) in [6.45, 7) is 7.56. The average Bonchev–Trinajstić information content (AvgIpc) is 2.48. The van der Waals surface area contributed by atoms with E-state index in [0.29, 0.717) is 6.04 Å². The highest BCUT2D eigenvalue weighted by Crippen LogP contribution is 2.14. The molecule has 0 radical (unpaired) electrons. The molecular weight excluding hydrogens is 166 g/mol. The first-order valence-electron chi connectivity index (χ1n) is 4.52. The molecule has 1 aromatic heterocycles. The Morgan fingerprint density at radius 1 is 1.50 bits per heavy atom. The van der Waals surface area contributed by atoms with E-state index >= 15 is 0 Å². The van der Waals surface area contributed by atoms with E-state index in [1.807, 2.05) is 11.3 Å². The Kier molecular flexibility index (Phi) is 3.76. The molecule has 1 N–H and O–H groups in total. The Labute approximate surface area is 78.8 Å². The van der Waals surface area contributed by atoms with Gasteiger partial charge in [-0.25, -0.2) is 0 Å². The standard InChI is InChI=1S/C10H17NS/c1-4-10-5-9(7-12-10)6-11-8(2)3/h5,7-8,11H,4,6H2,1-3H3. The molecule has 0 aliphatic rings. The molecule has 1 heterocycles. The summed E-state index contributed by atoms with van der Waals surface area (Å²) in [5, 5.41) is 5.65. The van der Waals surface area contributed by atoms with Crippen molar-refractivity contribution < 1.29 is 0 Å². The zero-order chi connectivity index (χ0) is 8.97. The Morgan fingerprint density at radius 3 is 2.75 bits per heavy atom. The van der Waals surface area contributed by atoms with Gasteiger partial charge in [-0.1, -0.05) is 20.8 Å². The zero-order valence-electron chi connectivity index (χ0n) is 8.05. The van der Waals surface area contributed by atoms with Gasteiger partial charge in [0.2, 0.25) is 0 Å². The van der Waals surface area contributed by atoms with Crippen molar-refractivity contribution in [3.05, 3.63) is 21.9 Å². The van der Waals surface area contributed by atoms with E-state index in [4.69, 9.17) is 0 Å². The SMILES string of the molecule is CCc1cc(CNC(C)C)cs1. The summed E-state index contributed by atoms with van der Waals surface area (Å²) >= 11 is 1.86. The first-order valence-corrected chi connectivity index (χ1v) is 5.40. The number of rotatable bonds is 4. The molecule has 1 rings (SSSR count). The maximum atomic E-state index is 3.41. The second-order valence-electron chi connectivity index (χ2n) is 3.31. The zero-order valence-corrected chi connectivity index (χ0v) is 8.87. The van der Waals surface area contributed by atoms with E-state index in [2.05, 4.69) is 37.5 Å². The molecule has 0 saturated heterocycles. The number of thiophene rings is 1. The molecular formula is C10H17NS. The average molecular weight is 183 g/mol. The lowest BCUT2D eigenvalue weighted by atomic mass is 10.2. The summed E-state index contributed by atoms with van der Waals surface area (Å²) in [5.74, 6) is 0. The van der Waals surface area contributed by atoms with Crippen molar-refractivity contribution >= 4 is 11.3 Å². The molecule has 0 unspecified atom stereocenters. The van der Waals surface area contributed by atoms with Crippen LogP contribution in [0.15, 0.2) is 11.4 Å². The summed E-state index contributed by atoms with van der Waals surface area (Å²) in [6.07, 6.45) is 1.16. The second kappa shape index (κ2) is 4.63. The molecule has 0 bridgehead atoms. The minimum atomic E-state index is 0.579. The van der Waals surface area contributed by atoms with Crippen LogP contribution in [0.3, 0.4) is 0 Å². The van der Waals surface area contributed by atoms with E-state index in [0.717, 1.165) is 13.0 Å². The third-order valence-electron chi connectivity index (χ3n) is 1.77. The summed E-state index contributed by atoms with van der Waals surface area (Å²) in [7, 11) is 0. The molecule has 0 fully saturated rings. The molecule has 2 heteroatoms. The van der Waals surface area contributed by atoms with E-state index in [-0.39, 0.29) is 0 Å². The van der Waals surface area contributed by atoms with E-state index in [9.17, 15) is 0 Å². The highest BCUT2D eigenvalue weighted by atomic mass is 32.1. The van der Waals surface area contributed by atoms with Crippen LogP contribution in [-0.2, 0) is 13.0 Å². The van der Waals surface area contributed by atoms with Crippen LogP contribution in [0.25, 0.3) is 0 Å². The van der Waals surface area contributed by atoms with Gasteiger partial charge in [-0.3, -0.25) is 0 Å². The van der Waals surface area contributed by atoms with Gasteiger partial charge < -0.3 is 5.32 Å². The van der Waals surface area contributed by atoms with Gasteiger partial charge in [0.25, 0.3) is 0 Å². The predicted molar refractivity (Wildman–Crippen MR) is 55.7 cm³/mol. The Bertz CT molecular complexity index is 227. The third kappa shape index (κ3) is 2.95. The molecule has 1 aromatic rings. The van der Waals surface area contributed by atoms with Crippen LogP contribution in [0.4, 0.5) is 0 Å². The maximum absolute atomic E-state index is 3.41. The molecule has 68 valence electrons. The van der Waals surface area contributed by atoms with Gasteiger partial charge in [-0.05, 0) is 23.4 Å². The molecule has 12 heavy (non-hydrogen) atoms. The number of nitrogens with one attached hydrogen (secondary N) is 1. The fourth-order valence-electron chi connectivity index (χ4n) is 1.03. The third-order valence-corrected chi connectivity index (χ3v) is 2.90. The van der Waals surface area contributed by atoms with E-state index in [1.54, 1.807) is 0 Å². The number of hydrogen-bond acceptors (Lipinski definition) is 2. The molecule has 0 aliphatic carbocycles. The highest BCUT2D eigenvalue weighted by Gasteiger charge is 1.98. The molecule has 1 nitrogen and oxygen atoms in total. The quantitative estimate of drug-likeness (QED) is 0.757. The van der Waals surface area contributed by atoms with Crippen LogP contribution in [-0.4, -0.2) is 6.04 Å². The minimum absolute atomic E-state index is 0.579. The molecule has 0 aliphatic heterocycles. The maximum Gasteiger partial charge on any atom is 0.0216 e. The summed E-state index contributed by atoms with van der Waals surface area (Å²) in [5.41, 5.74) is 1.42. The van der Waals surface area contributed by atoms with Crippen molar-refractivity contribution in [2.75, 3.05) is 0 Å². The van der Waals surface area contributed by atoms with Crippen molar-refractivity contribution in [3.8, 4) is 0 Å². The van der Waals surface area contributed by atoms with E-state index < -0.39 is 0 Å². The minimum Gasteiger partial charge on any atom is -0.310 e. The normalized spacial score (nSPS) is 11.0. The summed E-state index contributed by atoms with van der Waals surface area (Å²) in [6, 6.07) is 2.87. The second-order valence-corrected chi connectivity index (χ2v) is 4.31. The van der Waals surface area contributed by atoms with Crippen molar-refractivity contribution in [1.82, 2.24) is 5.32 Å². The first kappa shape index (κ1) is 9.75. The molecule has 0 amide bonds. The van der Waals surface area contributed by atoms with Crippen LogP contribution in [0, 0.1) is 0 Å². The van der Waals surface area contributed by atoms with Crippen LogP contribution in [0.1, 0.15) is 31.2 Å². The topological polar surface area (TPSA) is 12.0 Å². The Balaban J connectivity index is 2.41. The van der Waals surface area contributed by atoms with Crippen LogP contribution in [0.2, 0.25) is 0 Å². The van der Waals surface area contributed by atoms with Crippen LogP contribution in [0.5, 0.6) is 0 Å². The lowest BCUT2D eigenvalue weighted by Crippen LogP contribution is -2.21. The van der Waals surface area contributed by atoms with Crippen molar-refractivity contribution in [3.63, 3.8) is 0 Å². The van der Waals surface area contributed by atoms with Crippen LogP contribution >= 0.6 is 11.3 Å². The van der Waals surface area contributed by atoms with Gasteiger partial charge in [-0.2, -0.15) is 0 Å². The number of aryl methyl sites for hydroxylation is 1. The number of hydrogen-bond donors (Lipinski definition) is 1. The van der Waals surface area contributed by atoms with Gasteiger partial charge in [0.15, 0.2) is 0 Å². The predicted octanol–water partition coefficient (Wildman–Crippen LogP) is 2.81. The molecule has 0 aromatic carbocycles. The molecule has 0 atom stereocenters. The Morgan fingerprint density at radius 2 is 2.25 bits per heavy atom. The molecule has 0 spiro atoms. The van der Waals surface area contributed by atoms with Crippen molar-refractivity contribution in [2.24, 2.45) is 0 Å². The summed E-state index contributed by atoms with van der Waals surface area (Å²) in [4.78, 5) is 1.48. The smallest absolute Gasteiger partial charge is 0.0216 e. The van der Waals surface area contributed by atoms with Gasteiger partial charge in [0.1, 0.15) is 0 Å². The lowest BCUT2D eigenvalue weighted by Gasteiger charge is -2.05. The van der Waals surface area contributed by atoms with Gasteiger partial charge in [0, 0.05) is 17.5 Å². The summed E-state index contributed by atoms with van der Waals surface area (Å²) < 4.78 is 0. The van der Waals surface area contributed by atoms with Crippen molar-refractivity contribution in [1.29, 1.82) is 0 Å². The monoisotopic (exact) mass is 183 g/mol. The van der Waals surface area contributed by atoms with Gasteiger partial charge in [0.05, 0.1) is 0 Å². The van der Waals surface area contributed by atoms with Gasteiger partial charge in [-0.15, -0.1) is 11.3 Å². The fraction of sp³-hybridized carbons (Fsp3) is 0.600. The molecule has 0 saturated carbocycles. The van der Waals surface area contributed by atoms with Gasteiger partial charge >= 0.3 is 0 Å². The van der Waals surface area contributed by atoms with E-state index in [1.165, 1.54) is 10.4 Å². The van der Waals surface area contributed by atoms with Crippen molar-refractivity contribution in [2.45, 2.75) is 39.8 Å². The lowest BCUT2D eigenvalue weighted by molar-refractivity contribution is 0.589. The largest absolute Gasteiger partial charge is 0.310 e. The van der Waals surface area contributed by atoms with Crippen LogP contribution < -0.4 is 5.32 Å². The first-order chi connectivity index (χ1) is 5.72. The highest BCUT2D eigenvalue weighted by molar-refractivity contribution is 7.10. The Hall–Kier alpha value is -0.340.